The second-order valence-corrected chi connectivity index (χ2v) is 6.11. The first kappa shape index (κ1) is 15.5. The molecule has 0 aromatic heterocycles. The molecule has 2 aromatic rings. The summed E-state index contributed by atoms with van der Waals surface area (Å²) in [6.07, 6.45) is 0. The molecular formula is C16H16BrClFN. The third-order valence-corrected chi connectivity index (χ3v) is 3.70. The monoisotopic (exact) mass is 355 g/mol. The van der Waals surface area contributed by atoms with E-state index in [2.05, 4.69) is 21.2 Å². The Bertz CT molecular complexity index is 523. The van der Waals surface area contributed by atoms with Crippen LogP contribution in [0.5, 0.6) is 0 Å². The van der Waals surface area contributed by atoms with Crippen LogP contribution in [0.25, 0.3) is 0 Å². The molecule has 2 aromatic carbocycles. The molecule has 0 amide bonds. The van der Waals surface area contributed by atoms with Gasteiger partial charge in [0.2, 0.25) is 0 Å². The third-order valence-electron chi connectivity index (χ3n) is 3.02. The molecule has 0 aliphatic carbocycles. The average Bonchev–Trinajstić information content (AvgIpc) is 2.33. The summed E-state index contributed by atoms with van der Waals surface area (Å²) in [6, 6.07) is 10.7. The zero-order valence-corrected chi connectivity index (χ0v) is 13.7. The van der Waals surface area contributed by atoms with E-state index in [4.69, 9.17) is 11.6 Å². The van der Waals surface area contributed by atoms with Crippen molar-refractivity contribution in [1.29, 1.82) is 0 Å². The topological polar surface area (TPSA) is 12.0 Å². The number of rotatable bonds is 4. The maximum absolute atomic E-state index is 13.6. The predicted octanol–water partition coefficient (Wildman–Crippen LogP) is 5.25. The Morgan fingerprint density at radius 2 is 1.85 bits per heavy atom. The van der Waals surface area contributed by atoms with Crippen LogP contribution in [0.4, 0.5) is 4.39 Å². The molecule has 1 unspecified atom stereocenters. The number of hydrogen-bond acceptors (Lipinski definition) is 1. The Labute approximate surface area is 132 Å². The molecule has 0 spiro atoms. The second kappa shape index (κ2) is 6.70. The first-order chi connectivity index (χ1) is 9.49. The number of nitrogens with one attached hydrogen (secondary N) is 1. The van der Waals surface area contributed by atoms with Crippen molar-refractivity contribution in [2.45, 2.75) is 19.9 Å². The molecule has 1 N–H and O–H groups in total. The van der Waals surface area contributed by atoms with Crippen molar-refractivity contribution in [3.63, 3.8) is 0 Å². The standard InChI is InChI=1S/C16H16BrClFN/c1-3-20-16(11-4-10(2)5-15(19)8-11)12-6-13(17)9-14(18)7-12/h4-9,16,20H,3H2,1-2H3. The molecule has 0 bridgehead atoms. The van der Waals surface area contributed by atoms with Crippen LogP contribution in [0.2, 0.25) is 5.02 Å². The quantitative estimate of drug-likeness (QED) is 0.789. The van der Waals surface area contributed by atoms with Crippen LogP contribution in [0.15, 0.2) is 40.9 Å². The molecule has 0 aliphatic heterocycles. The minimum Gasteiger partial charge on any atom is -0.307 e. The van der Waals surface area contributed by atoms with Gasteiger partial charge in [-0.1, -0.05) is 40.5 Å². The van der Waals surface area contributed by atoms with E-state index in [0.29, 0.717) is 5.02 Å². The van der Waals surface area contributed by atoms with Gasteiger partial charge in [-0.2, -0.15) is 0 Å². The van der Waals surface area contributed by atoms with Gasteiger partial charge in [0, 0.05) is 9.50 Å². The number of aryl methyl sites for hydroxylation is 1. The lowest BCUT2D eigenvalue weighted by Crippen LogP contribution is -2.22. The predicted molar refractivity (Wildman–Crippen MR) is 85.8 cm³/mol. The molecular weight excluding hydrogens is 341 g/mol. The van der Waals surface area contributed by atoms with E-state index in [1.54, 1.807) is 6.07 Å². The van der Waals surface area contributed by atoms with Gasteiger partial charge in [-0.3, -0.25) is 0 Å². The van der Waals surface area contributed by atoms with Crippen molar-refractivity contribution >= 4 is 27.5 Å². The maximum Gasteiger partial charge on any atom is 0.123 e. The summed E-state index contributed by atoms with van der Waals surface area (Å²) in [5.41, 5.74) is 2.82. The summed E-state index contributed by atoms with van der Waals surface area (Å²) >= 11 is 9.56. The van der Waals surface area contributed by atoms with Crippen molar-refractivity contribution in [2.75, 3.05) is 6.54 Å². The number of benzene rings is 2. The van der Waals surface area contributed by atoms with Gasteiger partial charge in [-0.15, -0.1) is 0 Å². The van der Waals surface area contributed by atoms with Crippen molar-refractivity contribution in [1.82, 2.24) is 5.32 Å². The molecule has 1 nitrogen and oxygen atoms in total. The summed E-state index contributed by atoms with van der Waals surface area (Å²) in [4.78, 5) is 0. The summed E-state index contributed by atoms with van der Waals surface area (Å²) in [5.74, 6) is -0.219. The van der Waals surface area contributed by atoms with E-state index in [1.165, 1.54) is 6.07 Å². The van der Waals surface area contributed by atoms with Crippen molar-refractivity contribution in [3.05, 3.63) is 68.4 Å². The van der Waals surface area contributed by atoms with E-state index in [-0.39, 0.29) is 11.9 Å². The zero-order valence-electron chi connectivity index (χ0n) is 11.4. The molecule has 20 heavy (non-hydrogen) atoms. The van der Waals surface area contributed by atoms with E-state index in [0.717, 1.165) is 27.7 Å². The Morgan fingerprint density at radius 3 is 2.45 bits per heavy atom. The summed E-state index contributed by atoms with van der Waals surface area (Å²) < 4.78 is 14.6. The summed E-state index contributed by atoms with van der Waals surface area (Å²) in [6.45, 7) is 4.70. The molecule has 2 rings (SSSR count). The van der Waals surface area contributed by atoms with Crippen LogP contribution in [-0.4, -0.2) is 6.54 Å². The third kappa shape index (κ3) is 3.81. The van der Waals surface area contributed by atoms with Crippen LogP contribution in [0, 0.1) is 12.7 Å². The van der Waals surface area contributed by atoms with Crippen LogP contribution in [-0.2, 0) is 0 Å². The summed E-state index contributed by atoms with van der Waals surface area (Å²) in [5, 5.41) is 4.04. The largest absolute Gasteiger partial charge is 0.307 e. The van der Waals surface area contributed by atoms with Gasteiger partial charge in [-0.05, 0) is 60.5 Å². The number of halogens is 3. The van der Waals surface area contributed by atoms with Gasteiger partial charge >= 0.3 is 0 Å². The maximum atomic E-state index is 13.6. The normalized spacial score (nSPS) is 12.4. The first-order valence-corrected chi connectivity index (χ1v) is 7.63. The van der Waals surface area contributed by atoms with E-state index >= 15 is 0 Å². The van der Waals surface area contributed by atoms with Crippen LogP contribution in [0.1, 0.15) is 29.7 Å². The molecule has 0 saturated heterocycles. The lowest BCUT2D eigenvalue weighted by atomic mass is 9.97. The van der Waals surface area contributed by atoms with Gasteiger partial charge in [0.05, 0.1) is 6.04 Å². The highest BCUT2D eigenvalue weighted by atomic mass is 79.9. The number of hydrogen-bond donors (Lipinski definition) is 1. The van der Waals surface area contributed by atoms with Crippen LogP contribution >= 0.6 is 27.5 Å². The molecule has 0 saturated carbocycles. The lowest BCUT2D eigenvalue weighted by Gasteiger charge is -2.20. The molecule has 0 aliphatic rings. The van der Waals surface area contributed by atoms with Crippen LogP contribution < -0.4 is 5.32 Å². The average molecular weight is 357 g/mol. The highest BCUT2D eigenvalue weighted by Crippen LogP contribution is 2.29. The van der Waals surface area contributed by atoms with Crippen molar-refractivity contribution < 1.29 is 4.39 Å². The van der Waals surface area contributed by atoms with E-state index in [1.807, 2.05) is 38.1 Å². The molecule has 1 atom stereocenters. The molecule has 0 fully saturated rings. The van der Waals surface area contributed by atoms with Gasteiger partial charge in [-0.25, -0.2) is 4.39 Å². The molecule has 0 heterocycles. The Morgan fingerprint density at radius 1 is 1.15 bits per heavy atom. The minimum atomic E-state index is -0.219. The van der Waals surface area contributed by atoms with E-state index in [9.17, 15) is 4.39 Å². The molecule has 106 valence electrons. The highest BCUT2D eigenvalue weighted by molar-refractivity contribution is 9.10. The Hall–Kier alpha value is -0.900. The molecule has 0 radical (unpaired) electrons. The zero-order chi connectivity index (χ0) is 14.7. The van der Waals surface area contributed by atoms with Crippen LogP contribution in [0.3, 0.4) is 0 Å². The van der Waals surface area contributed by atoms with Gasteiger partial charge < -0.3 is 5.32 Å². The first-order valence-electron chi connectivity index (χ1n) is 6.46. The fourth-order valence-electron chi connectivity index (χ4n) is 2.31. The van der Waals surface area contributed by atoms with Crippen molar-refractivity contribution in [2.24, 2.45) is 0 Å². The Kier molecular flexibility index (Phi) is 5.19. The second-order valence-electron chi connectivity index (χ2n) is 4.76. The smallest absolute Gasteiger partial charge is 0.123 e. The molecule has 4 heteroatoms. The summed E-state index contributed by atoms with van der Waals surface area (Å²) in [7, 11) is 0. The SMILES string of the molecule is CCNC(c1cc(C)cc(F)c1)c1cc(Cl)cc(Br)c1. The van der Waals surface area contributed by atoms with Crippen molar-refractivity contribution in [3.8, 4) is 0 Å². The highest BCUT2D eigenvalue weighted by Gasteiger charge is 2.15. The van der Waals surface area contributed by atoms with Gasteiger partial charge in [0.1, 0.15) is 5.82 Å². The van der Waals surface area contributed by atoms with E-state index < -0.39 is 0 Å². The van der Waals surface area contributed by atoms with Gasteiger partial charge in [0.25, 0.3) is 0 Å². The minimum absolute atomic E-state index is 0.0793. The van der Waals surface area contributed by atoms with Gasteiger partial charge in [0.15, 0.2) is 0 Å². The fourth-order valence-corrected chi connectivity index (χ4v) is 3.19. The lowest BCUT2D eigenvalue weighted by molar-refractivity contribution is 0.602. The Balaban J connectivity index is 2.49. The fraction of sp³-hybridized carbons (Fsp3) is 0.250.